The number of nitrogens with one attached hydrogen (secondary N) is 4. The number of aliphatic hydroxyl groups is 1. The molecule has 0 saturated carbocycles. The van der Waals surface area contributed by atoms with E-state index in [4.69, 9.17) is 22.3 Å². The highest BCUT2D eigenvalue weighted by Gasteiger charge is 2.31. The van der Waals surface area contributed by atoms with Crippen molar-refractivity contribution in [3.05, 3.63) is 18.2 Å². The monoisotopic (exact) mass is 470 g/mol. The number of carbonyl (C=O) groups excluding carboxylic acids is 5. The predicted octanol–water partition coefficient (Wildman–Crippen LogP) is -5.44. The van der Waals surface area contributed by atoms with Crippen LogP contribution in [0, 0.1) is 0 Å². The minimum atomic E-state index is -1.71. The molecule has 0 aromatic carbocycles. The van der Waals surface area contributed by atoms with E-state index in [1.54, 1.807) is 0 Å². The number of aliphatic hydroxyl groups excluding tert-OH is 1. The van der Waals surface area contributed by atoms with Gasteiger partial charge >= 0.3 is 5.97 Å². The number of H-pyrrole nitrogens is 1. The molecule has 1 rings (SSSR count). The van der Waals surface area contributed by atoms with Crippen LogP contribution in [0.1, 0.15) is 18.5 Å². The molecular weight excluding hydrogens is 444 g/mol. The minimum Gasteiger partial charge on any atom is -0.480 e. The molecule has 33 heavy (non-hydrogen) atoms. The van der Waals surface area contributed by atoms with Crippen LogP contribution in [0.25, 0.3) is 0 Å². The van der Waals surface area contributed by atoms with Crippen LogP contribution in [0.3, 0.4) is 0 Å². The van der Waals surface area contributed by atoms with E-state index in [-0.39, 0.29) is 6.42 Å². The summed E-state index contributed by atoms with van der Waals surface area (Å²) in [5.41, 5.74) is 16.3. The maximum atomic E-state index is 12.6. The maximum absolute atomic E-state index is 12.6. The summed E-state index contributed by atoms with van der Waals surface area (Å²) < 4.78 is 0. The third kappa shape index (κ3) is 9.32. The summed E-state index contributed by atoms with van der Waals surface area (Å²) in [6.45, 7) is -0.975. The van der Waals surface area contributed by atoms with Gasteiger partial charge in [-0.15, -0.1) is 0 Å². The number of amides is 5. The number of carboxylic acids is 1. The lowest BCUT2D eigenvalue weighted by Crippen LogP contribution is -2.59. The molecule has 0 spiro atoms. The number of hydrogen-bond acceptors (Lipinski definition) is 9. The lowest BCUT2D eigenvalue weighted by Gasteiger charge is -2.23. The maximum Gasteiger partial charge on any atom is 0.326 e. The van der Waals surface area contributed by atoms with Crippen molar-refractivity contribution in [2.45, 2.75) is 43.4 Å². The number of aliphatic carboxylic acids is 1. The standard InChI is InChI=1S/C17H26N8O8/c18-8(1-7-4-21-6-22-7)14(29)23-9(2-12(19)27)15(30)25-11(5-26)16(31)24-10(17(32)33)3-13(20)28/h4,6,8-11,26H,1-3,5,18H2,(H2,19,27)(H2,20,28)(H,21,22)(H,23,29)(H,24,31)(H,25,30)(H,32,33). The number of rotatable bonds is 14. The van der Waals surface area contributed by atoms with Gasteiger partial charge in [0, 0.05) is 18.3 Å². The van der Waals surface area contributed by atoms with Crippen molar-refractivity contribution in [1.29, 1.82) is 0 Å². The second-order valence-corrected chi connectivity index (χ2v) is 6.93. The molecule has 1 heterocycles. The minimum absolute atomic E-state index is 0.0366. The molecule has 5 amide bonds. The number of imidazole rings is 1. The van der Waals surface area contributed by atoms with Crippen LogP contribution in [0.15, 0.2) is 12.5 Å². The van der Waals surface area contributed by atoms with Gasteiger partial charge in [-0.2, -0.15) is 0 Å². The molecule has 1 aromatic heterocycles. The molecule has 1 aromatic rings. The van der Waals surface area contributed by atoms with Crippen molar-refractivity contribution < 1.29 is 39.0 Å². The second kappa shape index (κ2) is 12.7. The fourth-order valence-electron chi connectivity index (χ4n) is 2.56. The molecule has 4 unspecified atom stereocenters. The van der Waals surface area contributed by atoms with E-state index in [2.05, 4.69) is 20.6 Å². The molecule has 12 N–H and O–H groups in total. The van der Waals surface area contributed by atoms with Crippen molar-refractivity contribution in [3.8, 4) is 0 Å². The van der Waals surface area contributed by atoms with Gasteiger partial charge in [-0.25, -0.2) is 9.78 Å². The van der Waals surface area contributed by atoms with Crippen LogP contribution >= 0.6 is 0 Å². The number of hydrogen-bond donors (Lipinski definition) is 9. The molecule has 0 aliphatic carbocycles. The van der Waals surface area contributed by atoms with Crippen molar-refractivity contribution >= 4 is 35.5 Å². The predicted molar refractivity (Wildman–Crippen MR) is 108 cm³/mol. The summed E-state index contributed by atoms with van der Waals surface area (Å²) in [4.78, 5) is 77.1. The molecule has 0 fully saturated rings. The Morgan fingerprint density at radius 3 is 1.91 bits per heavy atom. The summed E-state index contributed by atoms with van der Waals surface area (Å²) >= 11 is 0. The molecule has 4 atom stereocenters. The van der Waals surface area contributed by atoms with Gasteiger partial charge < -0.3 is 48.3 Å². The van der Waals surface area contributed by atoms with Crippen LogP contribution in [0.5, 0.6) is 0 Å². The van der Waals surface area contributed by atoms with Gasteiger partial charge in [0.05, 0.1) is 31.8 Å². The van der Waals surface area contributed by atoms with Crippen LogP contribution in [-0.2, 0) is 35.2 Å². The zero-order chi connectivity index (χ0) is 25.1. The third-order valence-corrected chi connectivity index (χ3v) is 4.21. The fourth-order valence-corrected chi connectivity index (χ4v) is 2.56. The average molecular weight is 470 g/mol. The highest BCUT2D eigenvalue weighted by atomic mass is 16.4. The Morgan fingerprint density at radius 1 is 0.909 bits per heavy atom. The number of aromatic nitrogens is 2. The van der Waals surface area contributed by atoms with Gasteiger partial charge in [-0.05, 0) is 0 Å². The van der Waals surface area contributed by atoms with E-state index in [1.807, 2.05) is 5.32 Å². The van der Waals surface area contributed by atoms with Crippen LogP contribution in [0.2, 0.25) is 0 Å². The first-order valence-corrected chi connectivity index (χ1v) is 9.48. The first kappa shape index (κ1) is 27.0. The molecule has 0 radical (unpaired) electrons. The van der Waals surface area contributed by atoms with Gasteiger partial charge in [0.25, 0.3) is 0 Å². The van der Waals surface area contributed by atoms with E-state index >= 15 is 0 Å². The van der Waals surface area contributed by atoms with Gasteiger partial charge in [0.2, 0.25) is 29.5 Å². The highest BCUT2D eigenvalue weighted by molar-refractivity contribution is 5.96. The smallest absolute Gasteiger partial charge is 0.326 e. The number of aromatic amines is 1. The van der Waals surface area contributed by atoms with Gasteiger partial charge in [-0.1, -0.05) is 0 Å². The SMILES string of the molecule is NC(=O)CC(NC(=O)C(CO)NC(=O)C(CC(N)=O)NC(=O)C(N)Cc1cnc[nH]1)C(=O)O. The summed E-state index contributed by atoms with van der Waals surface area (Å²) in [5, 5.41) is 24.7. The molecule has 0 aliphatic heterocycles. The molecule has 182 valence electrons. The van der Waals surface area contributed by atoms with Crippen molar-refractivity contribution in [2.75, 3.05) is 6.61 Å². The van der Waals surface area contributed by atoms with Gasteiger partial charge in [0.15, 0.2) is 0 Å². The molecular formula is C17H26N8O8. The Kier molecular flexibility index (Phi) is 10.4. The number of nitrogens with zero attached hydrogens (tertiary/aromatic N) is 1. The quantitative estimate of drug-likeness (QED) is 0.124. The Balaban J connectivity index is 2.84. The molecule has 0 bridgehead atoms. The number of carboxylic acid groups (broad SMARTS) is 1. The first-order valence-electron chi connectivity index (χ1n) is 9.48. The summed E-state index contributed by atoms with van der Waals surface area (Å²) in [6.07, 6.45) is 1.46. The third-order valence-electron chi connectivity index (χ3n) is 4.21. The Labute approximate surface area is 186 Å². The number of primary amides is 2. The van der Waals surface area contributed by atoms with Gasteiger partial charge in [0.1, 0.15) is 18.1 Å². The zero-order valence-electron chi connectivity index (χ0n) is 17.3. The molecule has 0 saturated heterocycles. The van der Waals surface area contributed by atoms with E-state index in [0.29, 0.717) is 5.69 Å². The highest BCUT2D eigenvalue weighted by Crippen LogP contribution is 2.00. The first-order chi connectivity index (χ1) is 15.4. The number of nitrogens with two attached hydrogens (primary N) is 3. The summed E-state index contributed by atoms with van der Waals surface area (Å²) in [5.74, 6) is -6.59. The molecule has 16 heteroatoms. The number of carbonyl (C=O) groups is 6. The van der Waals surface area contributed by atoms with E-state index in [0.717, 1.165) is 0 Å². The van der Waals surface area contributed by atoms with Crippen molar-refractivity contribution in [1.82, 2.24) is 25.9 Å². The van der Waals surface area contributed by atoms with E-state index in [9.17, 15) is 33.9 Å². The van der Waals surface area contributed by atoms with Crippen molar-refractivity contribution in [3.63, 3.8) is 0 Å². The Hall–Kier alpha value is -4.05. The lowest BCUT2D eigenvalue weighted by molar-refractivity contribution is -0.144. The van der Waals surface area contributed by atoms with Crippen LogP contribution < -0.4 is 33.2 Å². The molecule has 16 nitrogen and oxygen atoms in total. The van der Waals surface area contributed by atoms with E-state index < -0.39 is 79.1 Å². The zero-order valence-corrected chi connectivity index (χ0v) is 17.3. The normalized spacial score (nSPS) is 14.2. The lowest BCUT2D eigenvalue weighted by atomic mass is 10.1. The topological polar surface area (TPSA) is 286 Å². The average Bonchev–Trinajstić information content (AvgIpc) is 3.22. The largest absolute Gasteiger partial charge is 0.480 e. The fraction of sp³-hybridized carbons (Fsp3) is 0.471. The second-order valence-electron chi connectivity index (χ2n) is 6.93. The summed E-state index contributed by atoms with van der Waals surface area (Å²) in [6, 6.07) is -6.07. The summed E-state index contributed by atoms with van der Waals surface area (Å²) in [7, 11) is 0. The van der Waals surface area contributed by atoms with E-state index in [1.165, 1.54) is 12.5 Å². The molecule has 0 aliphatic rings. The van der Waals surface area contributed by atoms with Crippen LogP contribution in [0.4, 0.5) is 0 Å². The van der Waals surface area contributed by atoms with Gasteiger partial charge in [-0.3, -0.25) is 24.0 Å². The van der Waals surface area contributed by atoms with Crippen molar-refractivity contribution in [2.24, 2.45) is 17.2 Å². The Morgan fingerprint density at radius 2 is 1.42 bits per heavy atom. The Bertz CT molecular complexity index is 874. The van der Waals surface area contributed by atoms with Crippen LogP contribution in [-0.4, -0.2) is 86.5 Å².